The maximum absolute atomic E-state index is 13.6. The number of hydrogen-bond donors (Lipinski definition) is 0. The molecule has 0 aliphatic rings. The summed E-state index contributed by atoms with van der Waals surface area (Å²) in [4.78, 5) is 12.2. The molecule has 178 valence electrons. The topological polar surface area (TPSA) is 94.6 Å². The van der Waals surface area contributed by atoms with Gasteiger partial charge in [0.25, 0.3) is 0 Å². The zero-order chi connectivity index (χ0) is 25.1. The van der Waals surface area contributed by atoms with Crippen LogP contribution in [0, 0.1) is 0 Å². The van der Waals surface area contributed by atoms with Crippen LogP contribution in [0.5, 0.6) is 5.75 Å². The van der Waals surface area contributed by atoms with Gasteiger partial charge in [0, 0.05) is 0 Å². The van der Waals surface area contributed by atoms with Gasteiger partial charge in [-0.3, -0.25) is 0 Å². The maximum atomic E-state index is 13.6. The lowest BCUT2D eigenvalue weighted by atomic mass is 10.1. The predicted octanol–water partition coefficient (Wildman–Crippen LogP) is 5.13. The molecule has 0 aliphatic heterocycles. The third kappa shape index (κ3) is 4.89. The van der Waals surface area contributed by atoms with Crippen molar-refractivity contribution in [3.8, 4) is 5.75 Å². The van der Waals surface area contributed by atoms with Gasteiger partial charge >= 0.3 is 5.97 Å². The lowest BCUT2D eigenvalue weighted by Gasteiger charge is -2.16. The smallest absolute Gasteiger partial charge is 0.343 e. The van der Waals surface area contributed by atoms with E-state index in [1.807, 2.05) is 0 Å². The molecule has 0 radical (unpaired) electrons. The Morgan fingerprint density at radius 1 is 0.657 bits per heavy atom. The Morgan fingerprint density at radius 2 is 1.11 bits per heavy atom. The second kappa shape index (κ2) is 9.85. The van der Waals surface area contributed by atoms with Gasteiger partial charge in [0.15, 0.2) is 5.75 Å². The third-order valence-electron chi connectivity index (χ3n) is 5.41. The molecule has 35 heavy (non-hydrogen) atoms. The highest BCUT2D eigenvalue weighted by atomic mass is 32.2. The van der Waals surface area contributed by atoms with E-state index < -0.39 is 30.5 Å². The number of benzene rings is 4. The number of esters is 1. The SMILES string of the molecule is CCc1cc(OC(=O)c2ccccc2)c(S(=O)(=O)c2ccccc2)cc1S(=O)(=O)c1ccccc1. The Morgan fingerprint density at radius 3 is 1.60 bits per heavy atom. The van der Waals surface area contributed by atoms with Gasteiger partial charge in [-0.1, -0.05) is 61.5 Å². The number of carbonyl (C=O) groups excluding carboxylic acids is 1. The molecule has 0 spiro atoms. The van der Waals surface area contributed by atoms with Gasteiger partial charge in [-0.2, -0.15) is 0 Å². The monoisotopic (exact) mass is 506 g/mol. The lowest BCUT2D eigenvalue weighted by Crippen LogP contribution is -2.14. The molecular weight excluding hydrogens is 484 g/mol. The summed E-state index contributed by atoms with van der Waals surface area (Å²) < 4.78 is 59.7. The van der Waals surface area contributed by atoms with Crippen LogP contribution in [0.1, 0.15) is 22.8 Å². The molecule has 0 N–H and O–H groups in total. The van der Waals surface area contributed by atoms with Gasteiger partial charge in [0.1, 0.15) is 4.90 Å². The summed E-state index contributed by atoms with van der Waals surface area (Å²) in [7, 11) is -8.28. The molecule has 0 aromatic heterocycles. The third-order valence-corrected chi connectivity index (χ3v) is 9.05. The first kappa shape index (κ1) is 24.4. The lowest BCUT2D eigenvalue weighted by molar-refractivity contribution is 0.0730. The quantitative estimate of drug-likeness (QED) is 0.255. The van der Waals surface area contributed by atoms with Crippen LogP contribution >= 0.6 is 0 Å². The fourth-order valence-corrected chi connectivity index (χ4v) is 6.66. The van der Waals surface area contributed by atoms with Gasteiger partial charge in [0.05, 0.1) is 20.2 Å². The summed E-state index contributed by atoms with van der Waals surface area (Å²) in [5, 5.41) is 0. The second-order valence-corrected chi connectivity index (χ2v) is 11.5. The van der Waals surface area contributed by atoms with E-state index in [4.69, 9.17) is 4.74 Å². The van der Waals surface area contributed by atoms with E-state index >= 15 is 0 Å². The van der Waals surface area contributed by atoms with Crippen LogP contribution in [-0.2, 0) is 26.1 Å². The number of aryl methyl sites for hydroxylation is 1. The fourth-order valence-electron chi connectivity index (χ4n) is 3.59. The van der Waals surface area contributed by atoms with E-state index in [1.54, 1.807) is 73.7 Å². The number of sulfone groups is 2. The highest BCUT2D eigenvalue weighted by molar-refractivity contribution is 7.92. The van der Waals surface area contributed by atoms with Crippen molar-refractivity contribution >= 4 is 25.6 Å². The Bertz CT molecular complexity index is 1560. The molecule has 6 nitrogen and oxygen atoms in total. The summed E-state index contributed by atoms with van der Waals surface area (Å²) in [6, 6.07) is 25.9. The minimum atomic E-state index is -4.23. The number of carbonyl (C=O) groups is 1. The van der Waals surface area contributed by atoms with Crippen LogP contribution in [0.3, 0.4) is 0 Å². The Balaban J connectivity index is 1.95. The zero-order valence-corrected chi connectivity index (χ0v) is 20.4. The largest absolute Gasteiger partial charge is 0.422 e. The summed E-state index contributed by atoms with van der Waals surface area (Å²) in [6.07, 6.45) is 0.267. The first-order chi connectivity index (χ1) is 16.7. The minimum absolute atomic E-state index is 0.0341. The van der Waals surface area contributed by atoms with Gasteiger partial charge in [-0.25, -0.2) is 21.6 Å². The summed E-state index contributed by atoms with van der Waals surface area (Å²) in [5.74, 6) is -0.984. The van der Waals surface area contributed by atoms with E-state index in [-0.39, 0.29) is 32.4 Å². The Labute approximate surface area is 204 Å². The summed E-state index contributed by atoms with van der Waals surface area (Å²) in [6.45, 7) is 1.74. The van der Waals surface area contributed by atoms with Crippen molar-refractivity contribution in [2.75, 3.05) is 0 Å². The highest BCUT2D eigenvalue weighted by Crippen LogP contribution is 2.36. The number of rotatable bonds is 7. The molecule has 0 saturated heterocycles. The summed E-state index contributed by atoms with van der Waals surface area (Å²) in [5.41, 5.74) is 0.561. The standard InChI is InChI=1S/C27H22O6S2/c1-2-20-18-24(33-27(28)21-12-6-3-7-13-21)26(35(31,32)23-16-10-5-11-17-23)19-25(20)34(29,30)22-14-8-4-9-15-22/h3-19H,2H2,1H3. The fraction of sp³-hybridized carbons (Fsp3) is 0.0741. The van der Waals surface area contributed by atoms with Crippen molar-refractivity contribution < 1.29 is 26.4 Å². The van der Waals surface area contributed by atoms with Crippen molar-refractivity contribution in [2.45, 2.75) is 32.9 Å². The van der Waals surface area contributed by atoms with Gasteiger partial charge in [-0.15, -0.1) is 0 Å². The molecular formula is C27H22O6S2. The van der Waals surface area contributed by atoms with Crippen molar-refractivity contribution in [3.63, 3.8) is 0 Å². The van der Waals surface area contributed by atoms with Gasteiger partial charge < -0.3 is 4.74 Å². The van der Waals surface area contributed by atoms with Gasteiger partial charge in [0.2, 0.25) is 19.7 Å². The molecule has 0 heterocycles. The number of ether oxygens (including phenoxy) is 1. The van der Waals surface area contributed by atoms with Crippen LogP contribution in [0.4, 0.5) is 0 Å². The summed E-state index contributed by atoms with van der Waals surface area (Å²) >= 11 is 0. The Hall–Kier alpha value is -3.75. The normalized spacial score (nSPS) is 11.7. The van der Waals surface area contributed by atoms with E-state index in [0.29, 0.717) is 5.56 Å². The second-order valence-electron chi connectivity index (χ2n) is 7.65. The first-order valence-electron chi connectivity index (χ1n) is 10.8. The molecule has 4 rings (SSSR count). The molecule has 0 saturated carbocycles. The van der Waals surface area contributed by atoms with Crippen LogP contribution in [-0.4, -0.2) is 22.8 Å². The van der Waals surface area contributed by atoms with Gasteiger partial charge in [-0.05, 0) is 60.5 Å². The van der Waals surface area contributed by atoms with Crippen LogP contribution in [0.25, 0.3) is 0 Å². The maximum Gasteiger partial charge on any atom is 0.343 e. The van der Waals surface area contributed by atoms with E-state index in [9.17, 15) is 21.6 Å². The zero-order valence-electron chi connectivity index (χ0n) is 18.8. The molecule has 0 bridgehead atoms. The molecule has 0 unspecified atom stereocenters. The molecule has 4 aromatic rings. The molecule has 0 atom stereocenters. The van der Waals surface area contributed by atoms with Crippen molar-refractivity contribution in [1.29, 1.82) is 0 Å². The Kier molecular flexibility index (Phi) is 6.86. The number of hydrogen-bond acceptors (Lipinski definition) is 6. The predicted molar refractivity (Wildman–Crippen MR) is 131 cm³/mol. The highest BCUT2D eigenvalue weighted by Gasteiger charge is 2.30. The van der Waals surface area contributed by atoms with Crippen LogP contribution in [0.2, 0.25) is 0 Å². The average molecular weight is 507 g/mol. The molecule has 0 aliphatic carbocycles. The average Bonchev–Trinajstić information content (AvgIpc) is 2.89. The van der Waals surface area contributed by atoms with Crippen molar-refractivity contribution in [1.82, 2.24) is 0 Å². The van der Waals surface area contributed by atoms with Crippen molar-refractivity contribution in [3.05, 3.63) is 114 Å². The van der Waals surface area contributed by atoms with Crippen LogP contribution in [0.15, 0.2) is 123 Å². The molecule has 0 amide bonds. The minimum Gasteiger partial charge on any atom is -0.422 e. The van der Waals surface area contributed by atoms with E-state index in [1.165, 1.54) is 30.3 Å². The first-order valence-corrected chi connectivity index (χ1v) is 13.8. The van der Waals surface area contributed by atoms with E-state index in [0.717, 1.165) is 6.07 Å². The molecule has 0 fully saturated rings. The molecule has 4 aromatic carbocycles. The van der Waals surface area contributed by atoms with Crippen molar-refractivity contribution in [2.24, 2.45) is 0 Å². The van der Waals surface area contributed by atoms with E-state index in [2.05, 4.69) is 0 Å². The van der Waals surface area contributed by atoms with Crippen LogP contribution < -0.4 is 4.74 Å². The molecule has 8 heteroatoms.